The molecule has 3 rings (SSSR count). The molecule has 2 aromatic carbocycles. The Balaban J connectivity index is 1.77. The zero-order valence-electron chi connectivity index (χ0n) is 17.3. The molecule has 0 aliphatic carbocycles. The average Bonchev–Trinajstić information content (AvgIpc) is 2.67. The molecule has 0 fully saturated rings. The topological polar surface area (TPSA) is 54.0 Å². The van der Waals surface area contributed by atoms with Crippen LogP contribution in [0.5, 0.6) is 0 Å². The average molecular weight is 376 g/mol. The summed E-state index contributed by atoms with van der Waals surface area (Å²) in [5, 5.41) is 8.03. The monoisotopic (exact) mass is 375 g/mol. The van der Waals surface area contributed by atoms with Gasteiger partial charge in [-0.3, -0.25) is 4.98 Å². The lowest BCUT2D eigenvalue weighted by Gasteiger charge is -2.23. The molecule has 0 aliphatic heterocycles. The number of hydrogen-bond donors (Lipinski definition) is 2. The molecule has 1 unspecified atom stereocenters. The Bertz CT molecular complexity index is 983. The summed E-state index contributed by atoms with van der Waals surface area (Å²) in [6.45, 7) is 10.8. The molecule has 0 aliphatic rings. The van der Waals surface area contributed by atoms with Gasteiger partial charge in [0, 0.05) is 23.2 Å². The third kappa shape index (κ3) is 4.33. The van der Waals surface area contributed by atoms with Crippen molar-refractivity contribution < 1.29 is 4.79 Å². The van der Waals surface area contributed by atoms with Gasteiger partial charge in [0.1, 0.15) is 0 Å². The van der Waals surface area contributed by atoms with Crippen LogP contribution < -0.4 is 10.6 Å². The van der Waals surface area contributed by atoms with Crippen molar-refractivity contribution in [3.8, 4) is 0 Å². The smallest absolute Gasteiger partial charge is 0.319 e. The van der Waals surface area contributed by atoms with Gasteiger partial charge in [-0.05, 0) is 47.6 Å². The Morgan fingerprint density at radius 3 is 2.64 bits per heavy atom. The molecule has 1 heterocycles. The van der Waals surface area contributed by atoms with E-state index in [1.807, 2.05) is 31.2 Å². The lowest BCUT2D eigenvalue weighted by Crippen LogP contribution is -2.31. The summed E-state index contributed by atoms with van der Waals surface area (Å²) < 4.78 is 0. The second kappa shape index (κ2) is 8.01. The minimum absolute atomic E-state index is 0.0828. The van der Waals surface area contributed by atoms with Crippen LogP contribution in [0.15, 0.2) is 54.9 Å². The number of amides is 2. The zero-order chi connectivity index (χ0) is 20.3. The number of fused-ring (bicyclic) bond motifs is 1. The number of hydrogen-bond acceptors (Lipinski definition) is 2. The van der Waals surface area contributed by atoms with Crippen LogP contribution in [0, 0.1) is 0 Å². The van der Waals surface area contributed by atoms with Crippen molar-refractivity contribution in [1.82, 2.24) is 10.3 Å². The molecule has 0 saturated heterocycles. The van der Waals surface area contributed by atoms with E-state index in [4.69, 9.17) is 0 Å². The van der Waals surface area contributed by atoms with Gasteiger partial charge in [0.25, 0.3) is 0 Å². The first-order valence-corrected chi connectivity index (χ1v) is 9.83. The van der Waals surface area contributed by atoms with Gasteiger partial charge in [0.15, 0.2) is 0 Å². The van der Waals surface area contributed by atoms with Crippen molar-refractivity contribution in [1.29, 1.82) is 0 Å². The van der Waals surface area contributed by atoms with Crippen LogP contribution in [0.1, 0.15) is 57.4 Å². The SMILES string of the molecule is CCc1cc(C(C)(C)C)ccc1C(C)NC(=O)Nc1cccc2cnccc12. The number of pyridine rings is 1. The van der Waals surface area contributed by atoms with Gasteiger partial charge in [-0.15, -0.1) is 0 Å². The van der Waals surface area contributed by atoms with Crippen LogP contribution in [0.2, 0.25) is 0 Å². The van der Waals surface area contributed by atoms with Crippen LogP contribution >= 0.6 is 0 Å². The molecule has 0 bridgehead atoms. The predicted molar refractivity (Wildman–Crippen MR) is 117 cm³/mol. The number of nitrogens with zero attached hydrogens (tertiary/aromatic N) is 1. The Labute approximate surface area is 167 Å². The largest absolute Gasteiger partial charge is 0.331 e. The van der Waals surface area contributed by atoms with E-state index in [1.165, 1.54) is 11.1 Å². The van der Waals surface area contributed by atoms with Crippen LogP contribution in [0.3, 0.4) is 0 Å². The normalized spacial score (nSPS) is 12.6. The van der Waals surface area contributed by atoms with Gasteiger partial charge < -0.3 is 10.6 Å². The maximum atomic E-state index is 12.6. The molecule has 4 heteroatoms. The quantitative estimate of drug-likeness (QED) is 0.589. The Morgan fingerprint density at radius 1 is 1.14 bits per heavy atom. The van der Waals surface area contributed by atoms with Gasteiger partial charge in [0.2, 0.25) is 0 Å². The van der Waals surface area contributed by atoms with E-state index < -0.39 is 0 Å². The highest BCUT2D eigenvalue weighted by atomic mass is 16.2. The summed E-state index contributed by atoms with van der Waals surface area (Å²) in [4.78, 5) is 16.8. The molecule has 28 heavy (non-hydrogen) atoms. The highest BCUT2D eigenvalue weighted by Crippen LogP contribution is 2.28. The van der Waals surface area contributed by atoms with Crippen LogP contribution in [-0.2, 0) is 11.8 Å². The Kier molecular flexibility index (Phi) is 5.68. The molecular weight excluding hydrogens is 346 g/mol. The van der Waals surface area contributed by atoms with E-state index >= 15 is 0 Å². The molecular formula is C24H29N3O. The van der Waals surface area contributed by atoms with Crippen LogP contribution in [-0.4, -0.2) is 11.0 Å². The summed E-state index contributed by atoms with van der Waals surface area (Å²) in [5.74, 6) is 0. The highest BCUT2D eigenvalue weighted by Gasteiger charge is 2.18. The highest BCUT2D eigenvalue weighted by molar-refractivity contribution is 6.01. The van der Waals surface area contributed by atoms with Crippen molar-refractivity contribution in [3.05, 3.63) is 71.5 Å². The first kappa shape index (κ1) is 19.9. The molecule has 1 aromatic heterocycles. The first-order chi connectivity index (χ1) is 13.3. The van der Waals surface area contributed by atoms with Crippen LogP contribution in [0.25, 0.3) is 10.8 Å². The minimum Gasteiger partial charge on any atom is -0.331 e. The summed E-state index contributed by atoms with van der Waals surface area (Å²) in [7, 11) is 0. The fourth-order valence-corrected chi connectivity index (χ4v) is 3.47. The fraction of sp³-hybridized carbons (Fsp3) is 0.333. The number of carbonyl (C=O) groups excluding carboxylic acids is 1. The number of nitrogens with one attached hydrogen (secondary N) is 2. The van der Waals surface area contributed by atoms with E-state index in [0.29, 0.717) is 0 Å². The molecule has 1 atom stereocenters. The Hall–Kier alpha value is -2.88. The Morgan fingerprint density at radius 2 is 1.93 bits per heavy atom. The third-order valence-corrected chi connectivity index (χ3v) is 5.13. The van der Waals surface area contributed by atoms with E-state index in [2.05, 4.69) is 61.5 Å². The summed E-state index contributed by atoms with van der Waals surface area (Å²) >= 11 is 0. The van der Waals surface area contributed by atoms with Crippen molar-refractivity contribution in [3.63, 3.8) is 0 Å². The number of carbonyl (C=O) groups is 1. The first-order valence-electron chi connectivity index (χ1n) is 9.83. The second-order valence-corrected chi connectivity index (χ2v) is 8.24. The maximum Gasteiger partial charge on any atom is 0.319 e. The fourth-order valence-electron chi connectivity index (χ4n) is 3.47. The summed E-state index contributed by atoms with van der Waals surface area (Å²) in [6, 6.07) is 14.0. The maximum absolute atomic E-state index is 12.6. The lowest BCUT2D eigenvalue weighted by molar-refractivity contribution is 0.249. The number of aromatic nitrogens is 1. The van der Waals surface area contributed by atoms with Crippen molar-refractivity contribution in [2.24, 2.45) is 0 Å². The number of aryl methyl sites for hydroxylation is 1. The standard InChI is InChI=1S/C24H29N3O/c1-6-17-14-19(24(3,4)5)10-11-20(17)16(2)26-23(28)27-22-9-7-8-18-15-25-13-12-21(18)22/h7-16H,6H2,1-5H3,(H2,26,27,28). The molecule has 146 valence electrons. The lowest BCUT2D eigenvalue weighted by atomic mass is 9.84. The number of rotatable bonds is 4. The van der Waals surface area contributed by atoms with Crippen molar-refractivity contribution in [2.75, 3.05) is 5.32 Å². The molecule has 0 spiro atoms. The van der Waals surface area contributed by atoms with Crippen molar-refractivity contribution >= 4 is 22.5 Å². The minimum atomic E-state index is -0.209. The van der Waals surface area contributed by atoms with Gasteiger partial charge in [0.05, 0.1) is 11.7 Å². The number of benzene rings is 2. The van der Waals surface area contributed by atoms with Gasteiger partial charge in [-0.2, -0.15) is 0 Å². The molecule has 2 amide bonds. The number of urea groups is 1. The molecule has 3 aromatic rings. The molecule has 0 radical (unpaired) electrons. The number of anilines is 1. The van der Waals surface area contributed by atoms with E-state index in [9.17, 15) is 4.79 Å². The third-order valence-electron chi connectivity index (χ3n) is 5.13. The second-order valence-electron chi connectivity index (χ2n) is 8.24. The van der Waals surface area contributed by atoms with Gasteiger partial charge in [-0.1, -0.05) is 58.0 Å². The van der Waals surface area contributed by atoms with E-state index in [0.717, 1.165) is 28.4 Å². The van der Waals surface area contributed by atoms with Gasteiger partial charge in [-0.25, -0.2) is 4.79 Å². The zero-order valence-corrected chi connectivity index (χ0v) is 17.3. The summed E-state index contributed by atoms with van der Waals surface area (Å²) in [5.41, 5.74) is 4.64. The predicted octanol–water partition coefficient (Wildman–Crippen LogP) is 5.98. The molecule has 2 N–H and O–H groups in total. The molecule has 0 saturated carbocycles. The van der Waals surface area contributed by atoms with E-state index in [-0.39, 0.29) is 17.5 Å². The van der Waals surface area contributed by atoms with Crippen LogP contribution in [0.4, 0.5) is 10.5 Å². The van der Waals surface area contributed by atoms with Gasteiger partial charge >= 0.3 is 6.03 Å². The van der Waals surface area contributed by atoms with Crippen molar-refractivity contribution in [2.45, 2.75) is 52.5 Å². The molecule has 4 nitrogen and oxygen atoms in total. The summed E-state index contributed by atoms with van der Waals surface area (Å²) in [6.07, 6.45) is 4.47. The van der Waals surface area contributed by atoms with E-state index in [1.54, 1.807) is 12.4 Å².